The van der Waals surface area contributed by atoms with E-state index in [0.29, 0.717) is 11.7 Å². The molecule has 0 radical (unpaired) electrons. The second-order valence-electron chi connectivity index (χ2n) is 3.83. The molecule has 0 N–H and O–H groups in total. The molecule has 0 aromatic carbocycles. The Hall–Kier alpha value is -0.790. The molecule has 2 nitrogen and oxygen atoms in total. The fourth-order valence-electron chi connectivity index (χ4n) is 2.24. The number of hydrogen-bond acceptors (Lipinski definition) is 2. The largest absolute Gasteiger partial charge is 0.378 e. The Morgan fingerprint density at radius 2 is 2.33 bits per heavy atom. The summed E-state index contributed by atoms with van der Waals surface area (Å²) in [5.74, 6) is 0.997. The van der Waals surface area contributed by atoms with Crippen LogP contribution in [0, 0.1) is 5.92 Å². The van der Waals surface area contributed by atoms with E-state index >= 15 is 0 Å². The minimum absolute atomic E-state index is 0.315. The van der Waals surface area contributed by atoms with Crippen molar-refractivity contribution in [3.05, 3.63) is 11.8 Å². The number of likely N-dealkylation sites (tertiary alicyclic amines) is 1. The van der Waals surface area contributed by atoms with Gasteiger partial charge in [-0.05, 0) is 25.2 Å². The normalized spacial score (nSPS) is 29.8. The number of carbonyl (C=O) groups is 1. The van der Waals surface area contributed by atoms with Crippen LogP contribution in [0.3, 0.4) is 0 Å². The average molecular weight is 165 g/mol. The van der Waals surface area contributed by atoms with Crippen molar-refractivity contribution in [3.8, 4) is 0 Å². The molecule has 1 atom stereocenters. The Balaban J connectivity index is 2.23. The van der Waals surface area contributed by atoms with Gasteiger partial charge in [-0.1, -0.05) is 0 Å². The Labute approximate surface area is 73.2 Å². The predicted octanol–water partition coefficient (Wildman–Crippen LogP) is 1.57. The van der Waals surface area contributed by atoms with E-state index in [1.807, 2.05) is 6.08 Å². The van der Waals surface area contributed by atoms with Gasteiger partial charge in [0.1, 0.15) is 0 Å². The molecular formula is C10H15NO. The van der Waals surface area contributed by atoms with Crippen molar-refractivity contribution in [3.63, 3.8) is 0 Å². The van der Waals surface area contributed by atoms with Crippen LogP contribution in [0.2, 0.25) is 0 Å². The molecule has 1 aliphatic carbocycles. The second kappa shape index (κ2) is 2.92. The molecule has 0 aromatic heterocycles. The fraction of sp³-hybridized carbons (Fsp3) is 0.700. The molecule has 0 aromatic rings. The van der Waals surface area contributed by atoms with E-state index in [1.165, 1.54) is 18.5 Å². The molecule has 0 saturated carbocycles. The van der Waals surface area contributed by atoms with Gasteiger partial charge in [-0.3, -0.25) is 4.79 Å². The van der Waals surface area contributed by atoms with Gasteiger partial charge in [0, 0.05) is 31.8 Å². The maximum Gasteiger partial charge on any atom is 0.157 e. The summed E-state index contributed by atoms with van der Waals surface area (Å²) in [6.07, 6.45) is 6.26. The van der Waals surface area contributed by atoms with Crippen LogP contribution in [0.25, 0.3) is 0 Å². The van der Waals surface area contributed by atoms with Gasteiger partial charge in [-0.2, -0.15) is 0 Å². The molecule has 0 spiro atoms. The predicted molar refractivity (Wildman–Crippen MR) is 47.7 cm³/mol. The van der Waals surface area contributed by atoms with Crippen molar-refractivity contribution in [1.29, 1.82) is 0 Å². The summed E-state index contributed by atoms with van der Waals surface area (Å²) in [6, 6.07) is 0. The van der Waals surface area contributed by atoms with Gasteiger partial charge >= 0.3 is 0 Å². The Bertz CT molecular complexity index is 232. The van der Waals surface area contributed by atoms with E-state index in [0.717, 1.165) is 19.4 Å². The lowest BCUT2D eigenvalue weighted by molar-refractivity contribution is -0.115. The third-order valence-electron chi connectivity index (χ3n) is 2.95. The van der Waals surface area contributed by atoms with Crippen LogP contribution < -0.4 is 0 Å². The van der Waals surface area contributed by atoms with Crippen molar-refractivity contribution in [2.75, 3.05) is 13.6 Å². The van der Waals surface area contributed by atoms with Gasteiger partial charge in [0.25, 0.3) is 0 Å². The van der Waals surface area contributed by atoms with Crippen molar-refractivity contribution in [2.45, 2.75) is 25.7 Å². The van der Waals surface area contributed by atoms with E-state index in [2.05, 4.69) is 11.9 Å². The van der Waals surface area contributed by atoms with Crippen LogP contribution in [-0.2, 0) is 4.79 Å². The summed E-state index contributed by atoms with van der Waals surface area (Å²) in [4.78, 5) is 13.4. The molecule has 2 aliphatic rings. The highest BCUT2D eigenvalue weighted by Crippen LogP contribution is 2.32. The van der Waals surface area contributed by atoms with Gasteiger partial charge in [-0.25, -0.2) is 0 Å². The molecule has 12 heavy (non-hydrogen) atoms. The number of piperidine rings is 1. The molecule has 1 saturated heterocycles. The molecule has 66 valence electrons. The maximum atomic E-state index is 11.2. The molecule has 2 heteroatoms. The van der Waals surface area contributed by atoms with Crippen LogP contribution in [0.1, 0.15) is 25.7 Å². The van der Waals surface area contributed by atoms with Crippen LogP contribution in [0.15, 0.2) is 11.8 Å². The van der Waals surface area contributed by atoms with Crippen molar-refractivity contribution < 1.29 is 4.79 Å². The Morgan fingerprint density at radius 3 is 3.17 bits per heavy atom. The average Bonchev–Trinajstić information content (AvgIpc) is 2.07. The van der Waals surface area contributed by atoms with Crippen molar-refractivity contribution in [1.82, 2.24) is 4.90 Å². The number of ketones is 1. The quantitative estimate of drug-likeness (QED) is 0.543. The van der Waals surface area contributed by atoms with Crippen LogP contribution in [-0.4, -0.2) is 24.3 Å². The first-order chi connectivity index (χ1) is 5.77. The smallest absolute Gasteiger partial charge is 0.157 e. The first-order valence-corrected chi connectivity index (χ1v) is 4.73. The molecule has 1 aliphatic heterocycles. The number of hydrogen-bond donors (Lipinski definition) is 0. The molecular weight excluding hydrogens is 150 g/mol. The number of fused-ring (bicyclic) bond motifs is 1. The molecule has 1 fully saturated rings. The highest BCUT2D eigenvalue weighted by molar-refractivity contribution is 5.91. The highest BCUT2D eigenvalue weighted by atomic mass is 16.1. The van der Waals surface area contributed by atoms with Crippen LogP contribution >= 0.6 is 0 Å². The van der Waals surface area contributed by atoms with E-state index in [-0.39, 0.29) is 0 Å². The lowest BCUT2D eigenvalue weighted by Gasteiger charge is -2.36. The molecule has 1 heterocycles. The van der Waals surface area contributed by atoms with Gasteiger partial charge in [-0.15, -0.1) is 0 Å². The zero-order valence-corrected chi connectivity index (χ0v) is 7.55. The minimum atomic E-state index is 0.315. The van der Waals surface area contributed by atoms with Gasteiger partial charge in [0.15, 0.2) is 5.78 Å². The summed E-state index contributed by atoms with van der Waals surface area (Å²) in [7, 11) is 2.09. The SMILES string of the molecule is CN1CCCC2CCC(=O)C=C21. The summed E-state index contributed by atoms with van der Waals surface area (Å²) in [6.45, 7) is 1.12. The molecule has 0 amide bonds. The van der Waals surface area contributed by atoms with Crippen LogP contribution in [0.4, 0.5) is 0 Å². The number of nitrogens with zero attached hydrogens (tertiary/aromatic N) is 1. The second-order valence-corrected chi connectivity index (χ2v) is 3.83. The van der Waals surface area contributed by atoms with Gasteiger partial charge < -0.3 is 4.90 Å². The lowest BCUT2D eigenvalue weighted by atomic mass is 9.85. The summed E-state index contributed by atoms with van der Waals surface area (Å²) in [5.41, 5.74) is 1.29. The van der Waals surface area contributed by atoms with Crippen molar-refractivity contribution >= 4 is 5.78 Å². The summed E-state index contributed by atoms with van der Waals surface area (Å²) >= 11 is 0. The monoisotopic (exact) mass is 165 g/mol. The van der Waals surface area contributed by atoms with Gasteiger partial charge in [0.2, 0.25) is 0 Å². The van der Waals surface area contributed by atoms with E-state index in [9.17, 15) is 4.79 Å². The third-order valence-corrected chi connectivity index (χ3v) is 2.95. The highest BCUT2D eigenvalue weighted by Gasteiger charge is 2.26. The Morgan fingerprint density at radius 1 is 1.50 bits per heavy atom. The lowest BCUT2D eigenvalue weighted by Crippen LogP contribution is -2.32. The summed E-state index contributed by atoms with van der Waals surface area (Å²) in [5, 5.41) is 0. The Kier molecular flexibility index (Phi) is 1.91. The zero-order chi connectivity index (χ0) is 8.55. The van der Waals surface area contributed by atoms with Crippen LogP contribution in [0.5, 0.6) is 0 Å². The fourth-order valence-corrected chi connectivity index (χ4v) is 2.24. The topological polar surface area (TPSA) is 20.3 Å². The zero-order valence-electron chi connectivity index (χ0n) is 7.55. The molecule has 1 unspecified atom stereocenters. The number of rotatable bonds is 0. The van der Waals surface area contributed by atoms with Gasteiger partial charge in [0.05, 0.1) is 0 Å². The van der Waals surface area contributed by atoms with E-state index in [4.69, 9.17) is 0 Å². The van der Waals surface area contributed by atoms with E-state index in [1.54, 1.807) is 0 Å². The first-order valence-electron chi connectivity index (χ1n) is 4.73. The first kappa shape index (κ1) is 7.84. The third kappa shape index (κ3) is 1.26. The molecule has 0 bridgehead atoms. The van der Waals surface area contributed by atoms with E-state index < -0.39 is 0 Å². The van der Waals surface area contributed by atoms with Crippen molar-refractivity contribution in [2.24, 2.45) is 5.92 Å². The number of carbonyl (C=O) groups excluding carboxylic acids is 1. The molecule has 2 rings (SSSR count). The summed E-state index contributed by atoms with van der Waals surface area (Å²) < 4.78 is 0. The maximum absolute atomic E-state index is 11.2. The number of allylic oxidation sites excluding steroid dienone is 2. The standard InChI is InChI=1S/C10H15NO/c1-11-6-2-3-8-4-5-9(12)7-10(8)11/h7-8H,2-6H2,1H3. The minimum Gasteiger partial charge on any atom is -0.378 e.